The minimum atomic E-state index is 0.0518. The van der Waals surface area contributed by atoms with Gasteiger partial charge < -0.3 is 10.6 Å². The van der Waals surface area contributed by atoms with E-state index in [9.17, 15) is 4.79 Å². The Balaban J connectivity index is 1.56. The van der Waals surface area contributed by atoms with Crippen LogP contribution in [0.2, 0.25) is 0 Å². The summed E-state index contributed by atoms with van der Waals surface area (Å²) >= 11 is 1.67. The molecule has 1 atom stereocenters. The highest BCUT2D eigenvalue weighted by molar-refractivity contribution is 7.10. The Bertz CT molecular complexity index is 812. The summed E-state index contributed by atoms with van der Waals surface area (Å²) in [5.41, 5.74) is 1.69. The van der Waals surface area contributed by atoms with Gasteiger partial charge in [0.1, 0.15) is 5.82 Å². The molecule has 3 aromatic heterocycles. The highest BCUT2D eigenvalue weighted by Gasteiger charge is 2.14. The molecule has 0 unspecified atom stereocenters. The second kappa shape index (κ2) is 7.44. The van der Waals surface area contributed by atoms with Gasteiger partial charge in [-0.15, -0.1) is 11.3 Å². The van der Waals surface area contributed by atoms with Crippen LogP contribution in [0.25, 0.3) is 5.65 Å². The molecule has 0 bridgehead atoms. The topological polar surface area (TPSA) is 71.3 Å². The number of nitrogens with one attached hydrogen (secondary N) is 2. The number of aromatic nitrogens is 3. The Morgan fingerprint density at radius 2 is 2.33 bits per heavy atom. The molecule has 0 aliphatic carbocycles. The van der Waals surface area contributed by atoms with Crippen molar-refractivity contribution in [1.82, 2.24) is 19.7 Å². The largest absolute Gasteiger partial charge is 0.369 e. The van der Waals surface area contributed by atoms with E-state index < -0.39 is 0 Å². The number of hydrogen-bond donors (Lipinski definition) is 2. The van der Waals surface area contributed by atoms with Crippen molar-refractivity contribution in [2.75, 3.05) is 11.9 Å². The van der Waals surface area contributed by atoms with Crippen LogP contribution in [0.1, 0.15) is 36.4 Å². The molecule has 7 heteroatoms. The number of hydrogen-bond acceptors (Lipinski definition) is 5. The second-order valence-corrected chi connectivity index (χ2v) is 6.55. The van der Waals surface area contributed by atoms with Gasteiger partial charge in [0.2, 0.25) is 5.91 Å². The zero-order valence-corrected chi connectivity index (χ0v) is 14.6. The summed E-state index contributed by atoms with van der Waals surface area (Å²) in [6.07, 6.45) is 6.61. The van der Waals surface area contributed by atoms with E-state index in [1.54, 1.807) is 23.7 Å². The molecule has 1 amide bonds. The lowest BCUT2D eigenvalue weighted by atomic mass is 10.2. The van der Waals surface area contributed by atoms with E-state index in [1.165, 1.54) is 4.88 Å². The molecule has 126 valence electrons. The highest BCUT2D eigenvalue weighted by Crippen LogP contribution is 2.21. The number of carbonyl (C=O) groups excluding carboxylic acids is 1. The molecule has 0 spiro atoms. The summed E-state index contributed by atoms with van der Waals surface area (Å²) in [4.78, 5) is 21.9. The van der Waals surface area contributed by atoms with Crippen LogP contribution in [-0.4, -0.2) is 26.8 Å². The molecule has 3 rings (SSSR count). The second-order valence-electron chi connectivity index (χ2n) is 5.57. The number of aryl methyl sites for hydroxylation is 1. The first-order valence-corrected chi connectivity index (χ1v) is 8.92. The van der Waals surface area contributed by atoms with Gasteiger partial charge in [0.05, 0.1) is 17.9 Å². The minimum Gasteiger partial charge on any atom is -0.369 e. The predicted molar refractivity (Wildman–Crippen MR) is 96.3 cm³/mol. The number of imidazole rings is 1. The maximum Gasteiger partial charge on any atom is 0.222 e. The summed E-state index contributed by atoms with van der Waals surface area (Å²) in [6, 6.07) is 4.17. The summed E-state index contributed by atoms with van der Waals surface area (Å²) < 4.78 is 1.95. The van der Waals surface area contributed by atoms with Crippen molar-refractivity contribution in [2.45, 2.75) is 32.7 Å². The van der Waals surface area contributed by atoms with E-state index in [0.29, 0.717) is 13.0 Å². The molecule has 3 heterocycles. The third-order valence-electron chi connectivity index (χ3n) is 3.88. The molecule has 0 aromatic carbocycles. The van der Waals surface area contributed by atoms with Crippen molar-refractivity contribution < 1.29 is 4.79 Å². The fraction of sp³-hybridized carbons (Fsp3) is 0.353. The number of nitrogens with zero attached hydrogens (tertiary/aromatic N) is 3. The number of anilines is 1. The van der Waals surface area contributed by atoms with Gasteiger partial charge in [0, 0.05) is 30.2 Å². The zero-order valence-electron chi connectivity index (χ0n) is 13.8. The van der Waals surface area contributed by atoms with Crippen molar-refractivity contribution in [1.29, 1.82) is 0 Å². The number of thiophene rings is 1. The molecule has 24 heavy (non-hydrogen) atoms. The first kappa shape index (κ1) is 16.4. The third kappa shape index (κ3) is 3.56. The van der Waals surface area contributed by atoms with Gasteiger partial charge in [-0.3, -0.25) is 14.2 Å². The SMILES string of the molecule is CC[C@H](NC(=O)CCNc1c(C)nc2cnccn12)c1cccs1. The molecular formula is C17H21N5OS. The average Bonchev–Trinajstić information content (AvgIpc) is 3.21. The van der Waals surface area contributed by atoms with Crippen LogP contribution in [0.3, 0.4) is 0 Å². The van der Waals surface area contributed by atoms with E-state index in [0.717, 1.165) is 23.6 Å². The third-order valence-corrected chi connectivity index (χ3v) is 4.87. The molecule has 6 nitrogen and oxygen atoms in total. The number of fused-ring (bicyclic) bond motifs is 1. The molecule has 3 aromatic rings. The average molecular weight is 343 g/mol. The van der Waals surface area contributed by atoms with E-state index in [2.05, 4.69) is 33.6 Å². The Kier molecular flexibility index (Phi) is 5.10. The van der Waals surface area contributed by atoms with Crippen LogP contribution in [0, 0.1) is 6.92 Å². The van der Waals surface area contributed by atoms with E-state index in [4.69, 9.17) is 0 Å². The van der Waals surface area contributed by atoms with E-state index in [-0.39, 0.29) is 11.9 Å². The summed E-state index contributed by atoms with van der Waals surface area (Å²) in [5, 5.41) is 8.44. The zero-order chi connectivity index (χ0) is 16.9. The van der Waals surface area contributed by atoms with Crippen LogP contribution in [0.15, 0.2) is 36.1 Å². The molecule has 0 saturated heterocycles. The molecule has 0 fully saturated rings. The lowest BCUT2D eigenvalue weighted by Crippen LogP contribution is -2.29. The fourth-order valence-corrected chi connectivity index (χ4v) is 3.52. The van der Waals surface area contributed by atoms with Crippen molar-refractivity contribution in [3.8, 4) is 0 Å². The molecule has 0 radical (unpaired) electrons. The number of amides is 1. The minimum absolute atomic E-state index is 0.0518. The van der Waals surface area contributed by atoms with Gasteiger partial charge in [0.15, 0.2) is 5.65 Å². The smallest absolute Gasteiger partial charge is 0.222 e. The van der Waals surface area contributed by atoms with Crippen molar-refractivity contribution in [3.05, 3.63) is 46.7 Å². The quantitative estimate of drug-likeness (QED) is 0.691. The van der Waals surface area contributed by atoms with Gasteiger partial charge in [-0.2, -0.15) is 0 Å². The molecule has 0 aliphatic heterocycles. The molecule has 0 saturated carbocycles. The Morgan fingerprint density at radius 3 is 3.08 bits per heavy atom. The predicted octanol–water partition coefficient (Wildman–Crippen LogP) is 3.17. The van der Waals surface area contributed by atoms with Crippen LogP contribution in [0.4, 0.5) is 5.82 Å². The summed E-state index contributed by atoms with van der Waals surface area (Å²) in [7, 11) is 0. The first-order chi connectivity index (χ1) is 11.7. The van der Waals surface area contributed by atoms with Gasteiger partial charge in [0.25, 0.3) is 0 Å². The molecular weight excluding hydrogens is 322 g/mol. The molecule has 2 N–H and O–H groups in total. The standard InChI is InChI=1S/C17H21N5OS/c1-3-13(14-5-4-10-24-14)21-16(23)6-7-19-17-12(2)20-15-11-18-8-9-22(15)17/h4-5,8-11,13,19H,3,6-7H2,1-2H3,(H,21,23)/t13-/m0/s1. The maximum atomic E-state index is 12.2. The van der Waals surface area contributed by atoms with Gasteiger partial charge in [-0.25, -0.2) is 4.98 Å². The first-order valence-electron chi connectivity index (χ1n) is 8.04. The number of rotatable bonds is 7. The lowest BCUT2D eigenvalue weighted by molar-refractivity contribution is -0.121. The monoisotopic (exact) mass is 343 g/mol. The lowest BCUT2D eigenvalue weighted by Gasteiger charge is -2.15. The van der Waals surface area contributed by atoms with Crippen molar-refractivity contribution in [2.24, 2.45) is 0 Å². The normalized spacial score (nSPS) is 12.2. The molecule has 0 aliphatic rings. The Labute approximate surface area is 145 Å². The Hall–Kier alpha value is -2.41. The van der Waals surface area contributed by atoms with Crippen LogP contribution >= 0.6 is 11.3 Å². The van der Waals surface area contributed by atoms with Gasteiger partial charge in [-0.05, 0) is 24.8 Å². The highest BCUT2D eigenvalue weighted by atomic mass is 32.1. The van der Waals surface area contributed by atoms with Gasteiger partial charge >= 0.3 is 0 Å². The Morgan fingerprint density at radius 1 is 1.46 bits per heavy atom. The van der Waals surface area contributed by atoms with Crippen LogP contribution < -0.4 is 10.6 Å². The van der Waals surface area contributed by atoms with Gasteiger partial charge in [-0.1, -0.05) is 13.0 Å². The summed E-state index contributed by atoms with van der Waals surface area (Å²) in [5.74, 6) is 0.960. The van der Waals surface area contributed by atoms with Crippen LogP contribution in [0.5, 0.6) is 0 Å². The number of carbonyl (C=O) groups is 1. The maximum absolute atomic E-state index is 12.2. The van der Waals surface area contributed by atoms with Crippen molar-refractivity contribution >= 4 is 28.7 Å². The fourth-order valence-electron chi connectivity index (χ4n) is 2.66. The van der Waals surface area contributed by atoms with E-state index in [1.807, 2.05) is 29.0 Å². The van der Waals surface area contributed by atoms with Crippen molar-refractivity contribution in [3.63, 3.8) is 0 Å². The van der Waals surface area contributed by atoms with Crippen LogP contribution in [-0.2, 0) is 4.79 Å². The van der Waals surface area contributed by atoms with E-state index >= 15 is 0 Å². The summed E-state index contributed by atoms with van der Waals surface area (Å²) in [6.45, 7) is 4.59.